The van der Waals surface area contributed by atoms with Crippen LogP contribution in [0, 0.1) is 0 Å². The molecule has 1 saturated heterocycles. The third-order valence-electron chi connectivity index (χ3n) is 2.67. The van der Waals surface area contributed by atoms with Crippen LogP contribution in [0.1, 0.15) is 19.8 Å². The maximum absolute atomic E-state index is 11.7. The Bertz CT molecular complexity index is 184. The highest BCUT2D eigenvalue weighted by Gasteiger charge is 2.19. The van der Waals surface area contributed by atoms with Gasteiger partial charge in [0.2, 0.25) is 5.91 Å². The minimum atomic E-state index is 0.266. The number of amides is 1. The first-order valence-corrected chi connectivity index (χ1v) is 5.48. The molecule has 1 aliphatic rings. The van der Waals surface area contributed by atoms with Gasteiger partial charge in [0.15, 0.2) is 0 Å². The van der Waals surface area contributed by atoms with Crippen molar-refractivity contribution in [1.82, 2.24) is 9.80 Å². The predicted octanol–water partition coefficient (Wildman–Crippen LogP) is -0.111. The fourth-order valence-corrected chi connectivity index (χ4v) is 1.82. The summed E-state index contributed by atoms with van der Waals surface area (Å²) in [5.74, 6) is 0.266. The predicted molar refractivity (Wildman–Crippen MR) is 57.0 cm³/mol. The summed E-state index contributed by atoms with van der Waals surface area (Å²) in [5.41, 5.74) is 5.45. The van der Waals surface area contributed by atoms with Gasteiger partial charge in [-0.1, -0.05) is 0 Å². The molecule has 0 spiro atoms. The molecule has 1 rings (SSSR count). The minimum Gasteiger partial charge on any atom is -0.342 e. The molecule has 0 saturated carbocycles. The van der Waals surface area contributed by atoms with Crippen LogP contribution in [0.3, 0.4) is 0 Å². The molecule has 0 bridgehead atoms. The molecule has 0 aromatic heterocycles. The van der Waals surface area contributed by atoms with E-state index in [2.05, 4.69) is 4.90 Å². The normalized spacial score (nSPS) is 19.9. The lowest BCUT2D eigenvalue weighted by Gasteiger charge is -2.20. The minimum absolute atomic E-state index is 0.266. The van der Waals surface area contributed by atoms with Crippen molar-refractivity contribution in [3.63, 3.8) is 0 Å². The zero-order chi connectivity index (χ0) is 10.4. The van der Waals surface area contributed by atoms with Gasteiger partial charge in [-0.05, 0) is 32.9 Å². The topological polar surface area (TPSA) is 49.6 Å². The molecule has 0 aromatic rings. The van der Waals surface area contributed by atoms with Crippen LogP contribution in [0.25, 0.3) is 0 Å². The van der Waals surface area contributed by atoms with Crippen molar-refractivity contribution < 1.29 is 4.79 Å². The van der Waals surface area contributed by atoms with Crippen molar-refractivity contribution in [2.24, 2.45) is 5.73 Å². The first-order valence-electron chi connectivity index (χ1n) is 5.48. The van der Waals surface area contributed by atoms with Gasteiger partial charge in [0.05, 0.1) is 6.54 Å². The van der Waals surface area contributed by atoms with Crippen LogP contribution in [-0.4, -0.2) is 55.0 Å². The Kier molecular flexibility index (Phi) is 4.90. The number of hydrogen-bond donors (Lipinski definition) is 1. The third-order valence-corrected chi connectivity index (χ3v) is 2.67. The molecule has 1 heterocycles. The number of nitrogens with zero attached hydrogens (tertiary/aromatic N) is 2. The second-order valence-corrected chi connectivity index (χ2v) is 3.75. The highest BCUT2D eigenvalue weighted by Crippen LogP contribution is 2.04. The number of carbonyl (C=O) groups excluding carboxylic acids is 1. The van der Waals surface area contributed by atoms with E-state index < -0.39 is 0 Å². The molecular weight excluding hydrogens is 178 g/mol. The number of carbonyl (C=O) groups is 1. The van der Waals surface area contributed by atoms with Gasteiger partial charge in [-0.3, -0.25) is 9.69 Å². The van der Waals surface area contributed by atoms with Crippen molar-refractivity contribution in [3.05, 3.63) is 0 Å². The third kappa shape index (κ3) is 3.27. The fraction of sp³-hybridized carbons (Fsp3) is 0.900. The maximum atomic E-state index is 11.7. The summed E-state index contributed by atoms with van der Waals surface area (Å²) in [7, 11) is 0. The largest absolute Gasteiger partial charge is 0.342 e. The molecule has 1 aliphatic heterocycles. The van der Waals surface area contributed by atoms with Gasteiger partial charge < -0.3 is 10.6 Å². The highest BCUT2D eigenvalue weighted by molar-refractivity contribution is 5.78. The SMILES string of the molecule is CCN1CCCN(CCCN)CC1=O. The van der Waals surface area contributed by atoms with E-state index in [0.717, 1.165) is 39.0 Å². The molecule has 14 heavy (non-hydrogen) atoms. The van der Waals surface area contributed by atoms with Gasteiger partial charge in [-0.2, -0.15) is 0 Å². The Hall–Kier alpha value is -0.610. The van der Waals surface area contributed by atoms with E-state index in [1.165, 1.54) is 0 Å². The van der Waals surface area contributed by atoms with Crippen LogP contribution in [0.4, 0.5) is 0 Å². The van der Waals surface area contributed by atoms with Crippen LogP contribution in [0.2, 0.25) is 0 Å². The summed E-state index contributed by atoms with van der Waals surface area (Å²) in [6, 6.07) is 0. The van der Waals surface area contributed by atoms with Gasteiger partial charge >= 0.3 is 0 Å². The van der Waals surface area contributed by atoms with Crippen LogP contribution in [0.5, 0.6) is 0 Å². The van der Waals surface area contributed by atoms with Crippen LogP contribution in [0.15, 0.2) is 0 Å². The van der Waals surface area contributed by atoms with E-state index in [4.69, 9.17) is 5.73 Å². The summed E-state index contributed by atoms with van der Waals surface area (Å²) < 4.78 is 0. The monoisotopic (exact) mass is 199 g/mol. The lowest BCUT2D eigenvalue weighted by atomic mass is 10.3. The number of hydrogen-bond acceptors (Lipinski definition) is 3. The molecule has 2 N–H and O–H groups in total. The zero-order valence-corrected chi connectivity index (χ0v) is 9.04. The van der Waals surface area contributed by atoms with Gasteiger partial charge in [0.25, 0.3) is 0 Å². The zero-order valence-electron chi connectivity index (χ0n) is 9.04. The van der Waals surface area contributed by atoms with Gasteiger partial charge in [-0.15, -0.1) is 0 Å². The van der Waals surface area contributed by atoms with Crippen LogP contribution >= 0.6 is 0 Å². The smallest absolute Gasteiger partial charge is 0.236 e. The summed E-state index contributed by atoms with van der Waals surface area (Å²) in [6.45, 7) is 7.06. The quantitative estimate of drug-likeness (QED) is 0.687. The van der Waals surface area contributed by atoms with Crippen molar-refractivity contribution in [2.75, 3.05) is 39.3 Å². The van der Waals surface area contributed by atoms with Crippen LogP contribution in [-0.2, 0) is 4.79 Å². The Morgan fingerprint density at radius 2 is 2.21 bits per heavy atom. The average molecular weight is 199 g/mol. The molecule has 4 nitrogen and oxygen atoms in total. The molecular formula is C10H21N3O. The molecule has 82 valence electrons. The van der Waals surface area contributed by atoms with E-state index in [-0.39, 0.29) is 5.91 Å². The first kappa shape index (κ1) is 11.5. The van der Waals surface area contributed by atoms with Gasteiger partial charge in [0.1, 0.15) is 0 Å². The van der Waals surface area contributed by atoms with E-state index in [0.29, 0.717) is 13.1 Å². The summed E-state index contributed by atoms with van der Waals surface area (Å²) in [6.07, 6.45) is 2.07. The molecule has 1 amide bonds. The Morgan fingerprint density at radius 3 is 2.86 bits per heavy atom. The van der Waals surface area contributed by atoms with E-state index in [1.807, 2.05) is 11.8 Å². The van der Waals surface area contributed by atoms with E-state index in [9.17, 15) is 4.79 Å². The van der Waals surface area contributed by atoms with Crippen molar-refractivity contribution in [2.45, 2.75) is 19.8 Å². The lowest BCUT2D eigenvalue weighted by molar-refractivity contribution is -0.130. The molecule has 0 radical (unpaired) electrons. The van der Waals surface area contributed by atoms with Gasteiger partial charge in [-0.25, -0.2) is 0 Å². The molecule has 0 aromatic carbocycles. The van der Waals surface area contributed by atoms with Crippen molar-refractivity contribution in [3.8, 4) is 0 Å². The molecule has 0 aliphatic carbocycles. The van der Waals surface area contributed by atoms with Crippen LogP contribution < -0.4 is 5.73 Å². The lowest BCUT2D eigenvalue weighted by Crippen LogP contribution is -2.37. The van der Waals surface area contributed by atoms with E-state index in [1.54, 1.807) is 0 Å². The molecule has 0 unspecified atom stereocenters. The maximum Gasteiger partial charge on any atom is 0.236 e. The Balaban J connectivity index is 2.39. The molecule has 1 fully saturated rings. The summed E-state index contributed by atoms with van der Waals surface area (Å²) >= 11 is 0. The summed E-state index contributed by atoms with van der Waals surface area (Å²) in [4.78, 5) is 15.8. The molecule has 0 atom stereocenters. The second kappa shape index (κ2) is 5.98. The number of likely N-dealkylation sites (N-methyl/N-ethyl adjacent to an activating group) is 1. The van der Waals surface area contributed by atoms with Crippen molar-refractivity contribution in [1.29, 1.82) is 0 Å². The standard InChI is InChI=1S/C10H21N3O/c1-2-13-8-4-7-12(6-3-5-11)9-10(13)14/h2-9,11H2,1H3. The Labute approximate surface area is 86.0 Å². The van der Waals surface area contributed by atoms with Crippen molar-refractivity contribution >= 4 is 5.91 Å². The average Bonchev–Trinajstić information content (AvgIpc) is 2.36. The number of nitrogens with two attached hydrogens (primary N) is 1. The van der Waals surface area contributed by atoms with Gasteiger partial charge in [0, 0.05) is 19.6 Å². The summed E-state index contributed by atoms with van der Waals surface area (Å²) in [5, 5.41) is 0. The van der Waals surface area contributed by atoms with E-state index >= 15 is 0 Å². The number of rotatable bonds is 4. The fourth-order valence-electron chi connectivity index (χ4n) is 1.82. The first-order chi connectivity index (χ1) is 6.77. The highest BCUT2D eigenvalue weighted by atomic mass is 16.2. The second-order valence-electron chi connectivity index (χ2n) is 3.75. The molecule has 4 heteroatoms. The Morgan fingerprint density at radius 1 is 1.43 bits per heavy atom.